The third kappa shape index (κ3) is 4.03. The molecule has 2 amide bonds. The van der Waals surface area contributed by atoms with Crippen molar-refractivity contribution in [2.75, 3.05) is 32.7 Å². The van der Waals surface area contributed by atoms with Crippen molar-refractivity contribution in [2.24, 2.45) is 0 Å². The minimum Gasteiger partial charge on any atom is -0.352 e. The van der Waals surface area contributed by atoms with Crippen LogP contribution in [0.4, 0.5) is 0 Å². The molecule has 1 saturated heterocycles. The van der Waals surface area contributed by atoms with Crippen LogP contribution in [0.2, 0.25) is 0 Å². The first-order valence-corrected chi connectivity index (χ1v) is 9.53. The van der Waals surface area contributed by atoms with E-state index in [1.165, 1.54) is 0 Å². The second-order valence-corrected chi connectivity index (χ2v) is 7.30. The number of benzene rings is 1. The Labute approximate surface area is 158 Å². The molecule has 1 aliphatic carbocycles. The summed E-state index contributed by atoms with van der Waals surface area (Å²) < 4.78 is 1.80. The van der Waals surface area contributed by atoms with Crippen LogP contribution in [0.15, 0.2) is 36.5 Å². The molecule has 7 nitrogen and oxygen atoms in total. The van der Waals surface area contributed by atoms with E-state index < -0.39 is 0 Å². The van der Waals surface area contributed by atoms with E-state index in [1.807, 2.05) is 42.2 Å². The lowest BCUT2D eigenvalue weighted by Gasteiger charge is -2.34. The number of hydrogen-bond acceptors (Lipinski definition) is 4. The molecule has 142 valence electrons. The number of nitrogens with one attached hydrogen (secondary N) is 1. The number of para-hydroxylation sites is 1. The van der Waals surface area contributed by atoms with Gasteiger partial charge in [-0.05, 0) is 31.9 Å². The topological polar surface area (TPSA) is 70.5 Å². The van der Waals surface area contributed by atoms with Crippen molar-refractivity contribution in [3.63, 3.8) is 0 Å². The molecule has 0 atom stereocenters. The fourth-order valence-electron chi connectivity index (χ4n) is 3.43. The van der Waals surface area contributed by atoms with E-state index in [-0.39, 0.29) is 11.8 Å². The monoisotopic (exact) mass is 367 g/mol. The van der Waals surface area contributed by atoms with E-state index in [1.54, 1.807) is 10.9 Å². The molecule has 0 spiro atoms. The Bertz CT molecular complexity index is 820. The molecule has 1 aromatic heterocycles. The summed E-state index contributed by atoms with van der Waals surface area (Å²) in [5.74, 6) is 0.106. The highest BCUT2D eigenvalue weighted by atomic mass is 16.2. The maximum Gasteiger partial charge on any atom is 0.257 e. The minimum atomic E-state index is 0.0109. The predicted octanol–water partition coefficient (Wildman–Crippen LogP) is 1.22. The molecule has 1 aromatic carbocycles. The Morgan fingerprint density at radius 1 is 1.11 bits per heavy atom. The number of amides is 2. The van der Waals surface area contributed by atoms with Crippen molar-refractivity contribution < 1.29 is 9.59 Å². The summed E-state index contributed by atoms with van der Waals surface area (Å²) in [7, 11) is 0. The summed E-state index contributed by atoms with van der Waals surface area (Å²) in [6.45, 7) is 5.04. The number of carbonyl (C=O) groups excluding carboxylic acids is 2. The molecule has 1 saturated carbocycles. The highest BCUT2D eigenvalue weighted by Crippen LogP contribution is 2.19. The molecule has 0 bridgehead atoms. The van der Waals surface area contributed by atoms with Gasteiger partial charge in [-0.3, -0.25) is 14.5 Å². The second-order valence-electron chi connectivity index (χ2n) is 7.30. The third-order valence-corrected chi connectivity index (χ3v) is 5.21. The zero-order valence-electron chi connectivity index (χ0n) is 15.6. The van der Waals surface area contributed by atoms with Crippen molar-refractivity contribution in [2.45, 2.75) is 25.8 Å². The maximum absolute atomic E-state index is 12.9. The summed E-state index contributed by atoms with van der Waals surface area (Å²) in [5, 5.41) is 7.41. The number of carbonyl (C=O) groups is 2. The van der Waals surface area contributed by atoms with Gasteiger partial charge in [-0.15, -0.1) is 0 Å². The van der Waals surface area contributed by atoms with Gasteiger partial charge >= 0.3 is 0 Å². The third-order valence-electron chi connectivity index (χ3n) is 5.21. The molecule has 4 rings (SSSR count). The van der Waals surface area contributed by atoms with Crippen molar-refractivity contribution in [3.8, 4) is 5.69 Å². The summed E-state index contributed by atoms with van der Waals surface area (Å²) >= 11 is 0. The lowest BCUT2D eigenvalue weighted by Crippen LogP contribution is -2.51. The van der Waals surface area contributed by atoms with E-state index in [2.05, 4.69) is 15.3 Å². The molecule has 2 fully saturated rings. The van der Waals surface area contributed by atoms with Crippen LogP contribution < -0.4 is 5.32 Å². The molecular formula is C20H25N5O2. The minimum absolute atomic E-state index is 0.0109. The summed E-state index contributed by atoms with van der Waals surface area (Å²) in [6.07, 6.45) is 3.86. The molecule has 2 aromatic rings. The number of aromatic nitrogens is 2. The van der Waals surface area contributed by atoms with Crippen molar-refractivity contribution in [3.05, 3.63) is 47.8 Å². The Hall–Kier alpha value is -2.67. The number of piperazine rings is 1. The quantitative estimate of drug-likeness (QED) is 0.863. The van der Waals surface area contributed by atoms with Crippen LogP contribution in [-0.4, -0.2) is 70.2 Å². The molecule has 7 heteroatoms. The molecule has 2 heterocycles. The van der Waals surface area contributed by atoms with Crippen LogP contribution in [0.1, 0.15) is 28.9 Å². The van der Waals surface area contributed by atoms with Crippen molar-refractivity contribution in [1.82, 2.24) is 24.9 Å². The van der Waals surface area contributed by atoms with Gasteiger partial charge in [0.2, 0.25) is 5.91 Å². The van der Waals surface area contributed by atoms with Crippen molar-refractivity contribution in [1.29, 1.82) is 0 Å². The van der Waals surface area contributed by atoms with Gasteiger partial charge < -0.3 is 10.2 Å². The molecule has 1 aliphatic heterocycles. The Morgan fingerprint density at radius 2 is 1.81 bits per heavy atom. The average molecular weight is 367 g/mol. The second kappa shape index (κ2) is 7.52. The molecule has 27 heavy (non-hydrogen) atoms. The molecule has 1 N–H and O–H groups in total. The molecular weight excluding hydrogens is 342 g/mol. The number of hydrogen-bond donors (Lipinski definition) is 1. The zero-order chi connectivity index (χ0) is 18.8. The van der Waals surface area contributed by atoms with Gasteiger partial charge in [0.15, 0.2) is 0 Å². The van der Waals surface area contributed by atoms with Crippen LogP contribution >= 0.6 is 0 Å². The van der Waals surface area contributed by atoms with Gasteiger partial charge in [0, 0.05) is 32.2 Å². The van der Waals surface area contributed by atoms with E-state index in [0.717, 1.165) is 37.3 Å². The summed E-state index contributed by atoms with van der Waals surface area (Å²) in [6, 6.07) is 10.2. The lowest BCUT2D eigenvalue weighted by molar-refractivity contribution is -0.122. The number of rotatable bonds is 5. The van der Waals surface area contributed by atoms with E-state index in [4.69, 9.17) is 0 Å². The van der Waals surface area contributed by atoms with Crippen LogP contribution in [-0.2, 0) is 4.79 Å². The fraction of sp³-hybridized carbons (Fsp3) is 0.450. The van der Waals surface area contributed by atoms with Gasteiger partial charge in [0.25, 0.3) is 5.91 Å². The Balaban J connectivity index is 1.35. The smallest absolute Gasteiger partial charge is 0.257 e. The standard InChI is InChI=1S/C20H25N5O2/c1-15-18(13-21-25(15)17-5-3-2-4-6-17)20(27)24-11-9-23(10-12-24)14-19(26)22-16-7-8-16/h2-6,13,16H,7-12,14H2,1H3,(H,22,26). The van der Waals surface area contributed by atoms with Crippen LogP contribution in [0.3, 0.4) is 0 Å². The van der Waals surface area contributed by atoms with Crippen molar-refractivity contribution >= 4 is 11.8 Å². The molecule has 0 unspecified atom stereocenters. The normalized spacial score (nSPS) is 17.7. The lowest BCUT2D eigenvalue weighted by atomic mass is 10.2. The van der Waals surface area contributed by atoms with Gasteiger partial charge in [-0.2, -0.15) is 5.10 Å². The SMILES string of the molecule is Cc1c(C(=O)N2CCN(CC(=O)NC3CC3)CC2)cnn1-c1ccccc1. The van der Waals surface area contributed by atoms with Crippen LogP contribution in [0, 0.1) is 6.92 Å². The highest BCUT2D eigenvalue weighted by Gasteiger charge is 2.27. The summed E-state index contributed by atoms with van der Waals surface area (Å²) in [5.41, 5.74) is 2.43. The van der Waals surface area contributed by atoms with Gasteiger partial charge in [-0.25, -0.2) is 4.68 Å². The molecule has 2 aliphatic rings. The van der Waals surface area contributed by atoms with Gasteiger partial charge in [-0.1, -0.05) is 18.2 Å². The first-order chi connectivity index (χ1) is 13.1. The predicted molar refractivity (Wildman–Crippen MR) is 102 cm³/mol. The van der Waals surface area contributed by atoms with Gasteiger partial charge in [0.1, 0.15) is 0 Å². The van der Waals surface area contributed by atoms with Gasteiger partial charge in [0.05, 0.1) is 29.7 Å². The van der Waals surface area contributed by atoms with Crippen LogP contribution in [0.5, 0.6) is 0 Å². The first kappa shape index (κ1) is 17.7. The molecule has 0 radical (unpaired) electrons. The highest BCUT2D eigenvalue weighted by molar-refractivity contribution is 5.95. The van der Waals surface area contributed by atoms with Crippen LogP contribution in [0.25, 0.3) is 5.69 Å². The Kier molecular flexibility index (Phi) is 4.94. The number of nitrogens with zero attached hydrogens (tertiary/aromatic N) is 4. The maximum atomic E-state index is 12.9. The van der Waals surface area contributed by atoms with E-state index in [0.29, 0.717) is 31.2 Å². The van der Waals surface area contributed by atoms with E-state index in [9.17, 15) is 9.59 Å². The fourth-order valence-corrected chi connectivity index (χ4v) is 3.43. The zero-order valence-corrected chi connectivity index (χ0v) is 15.6. The largest absolute Gasteiger partial charge is 0.352 e. The van der Waals surface area contributed by atoms with E-state index >= 15 is 0 Å². The first-order valence-electron chi connectivity index (χ1n) is 9.53. The Morgan fingerprint density at radius 3 is 2.48 bits per heavy atom. The summed E-state index contributed by atoms with van der Waals surface area (Å²) in [4.78, 5) is 28.8. The average Bonchev–Trinajstić information content (AvgIpc) is 3.41.